The van der Waals surface area contributed by atoms with E-state index in [9.17, 15) is 23.1 Å². The Morgan fingerprint density at radius 3 is 2.45 bits per heavy atom. The Morgan fingerprint density at radius 1 is 1.13 bits per heavy atom. The summed E-state index contributed by atoms with van der Waals surface area (Å²) in [4.78, 5) is 24.8. The van der Waals surface area contributed by atoms with Crippen molar-refractivity contribution >= 4 is 22.3 Å². The molecule has 9 nitrogen and oxygen atoms in total. The van der Waals surface area contributed by atoms with Gasteiger partial charge in [-0.25, -0.2) is 9.59 Å². The molecule has 166 valence electrons. The molecule has 3 rings (SSSR count). The first-order valence-electron chi connectivity index (χ1n) is 9.69. The zero-order chi connectivity index (χ0) is 22.4. The molecule has 0 aliphatic carbocycles. The number of carbonyl (C=O) groups is 2. The Bertz CT molecular complexity index is 1010. The highest BCUT2D eigenvalue weighted by Gasteiger charge is 2.39. The fraction of sp³-hybridized carbons (Fsp3) is 0.333. The van der Waals surface area contributed by atoms with Crippen LogP contribution in [0.4, 0.5) is 9.59 Å². The van der Waals surface area contributed by atoms with Crippen molar-refractivity contribution < 1.29 is 32.0 Å². The van der Waals surface area contributed by atoms with Crippen LogP contribution in [0.3, 0.4) is 0 Å². The molecule has 1 saturated heterocycles. The molecule has 31 heavy (non-hydrogen) atoms. The number of aryl methyl sites for hydroxylation is 1. The standard InChI is InChI=1S/C21H24N2O7S/c1-15-7-9-17(10-8-15)31(27,28)30-14-19-18(11-12-23(19)21(25)26)22-20(24)29-13-16-5-3-2-4-6-16/h2-10,18-19H,11-14H2,1H3,(H,22,24)(H,25,26)/t18-,19+/m0/s1. The topological polar surface area (TPSA) is 122 Å². The molecule has 10 heteroatoms. The highest BCUT2D eigenvalue weighted by Crippen LogP contribution is 2.21. The summed E-state index contributed by atoms with van der Waals surface area (Å²) in [6.45, 7) is 1.60. The maximum absolute atomic E-state index is 12.5. The molecule has 2 aromatic carbocycles. The van der Waals surface area contributed by atoms with Crippen molar-refractivity contribution in [2.45, 2.75) is 36.9 Å². The minimum atomic E-state index is -4.08. The maximum Gasteiger partial charge on any atom is 0.407 e. The molecule has 0 saturated carbocycles. The second-order valence-corrected chi connectivity index (χ2v) is 8.81. The van der Waals surface area contributed by atoms with Crippen molar-refractivity contribution in [2.24, 2.45) is 0 Å². The van der Waals surface area contributed by atoms with E-state index in [4.69, 9.17) is 8.92 Å². The SMILES string of the molecule is Cc1ccc(S(=O)(=O)OC[C@@H]2[C@@H](NC(=O)OCc3ccccc3)CCN2C(=O)O)cc1. The van der Waals surface area contributed by atoms with Gasteiger partial charge in [-0.1, -0.05) is 48.0 Å². The highest BCUT2D eigenvalue weighted by atomic mass is 32.2. The van der Waals surface area contributed by atoms with Crippen LogP contribution in [-0.2, 0) is 25.6 Å². The van der Waals surface area contributed by atoms with Crippen LogP contribution in [0.25, 0.3) is 0 Å². The molecule has 2 atom stereocenters. The second-order valence-electron chi connectivity index (χ2n) is 7.20. The van der Waals surface area contributed by atoms with Gasteiger partial charge in [0.1, 0.15) is 6.61 Å². The molecule has 0 radical (unpaired) electrons. The van der Waals surface area contributed by atoms with E-state index in [-0.39, 0.29) is 18.0 Å². The number of carboxylic acid groups (broad SMARTS) is 1. The number of amides is 2. The van der Waals surface area contributed by atoms with E-state index in [1.807, 2.05) is 37.3 Å². The van der Waals surface area contributed by atoms with Gasteiger partial charge in [-0.05, 0) is 31.0 Å². The number of alkyl carbamates (subject to hydrolysis) is 1. The van der Waals surface area contributed by atoms with Gasteiger partial charge in [0.25, 0.3) is 10.1 Å². The molecular formula is C21H24N2O7S. The normalized spacial score (nSPS) is 18.5. The summed E-state index contributed by atoms with van der Waals surface area (Å²) >= 11 is 0. The first-order chi connectivity index (χ1) is 14.8. The molecule has 0 spiro atoms. The molecule has 0 unspecified atom stereocenters. The molecule has 2 aromatic rings. The number of carbonyl (C=O) groups excluding carboxylic acids is 1. The number of hydrogen-bond donors (Lipinski definition) is 2. The molecule has 0 aromatic heterocycles. The first-order valence-corrected chi connectivity index (χ1v) is 11.1. The smallest absolute Gasteiger partial charge is 0.407 e. The van der Waals surface area contributed by atoms with E-state index in [0.717, 1.165) is 16.0 Å². The summed E-state index contributed by atoms with van der Waals surface area (Å²) in [5, 5.41) is 12.1. The number of rotatable bonds is 7. The lowest BCUT2D eigenvalue weighted by Crippen LogP contribution is -2.49. The van der Waals surface area contributed by atoms with Crippen LogP contribution in [0, 0.1) is 6.92 Å². The Balaban J connectivity index is 1.62. The Kier molecular flexibility index (Phi) is 7.13. The third-order valence-electron chi connectivity index (χ3n) is 5.01. The van der Waals surface area contributed by atoms with Crippen LogP contribution >= 0.6 is 0 Å². The van der Waals surface area contributed by atoms with Gasteiger partial charge in [0.2, 0.25) is 0 Å². The lowest BCUT2D eigenvalue weighted by atomic mass is 10.1. The molecule has 2 N–H and O–H groups in total. The van der Waals surface area contributed by atoms with Gasteiger partial charge in [0.15, 0.2) is 0 Å². The largest absolute Gasteiger partial charge is 0.465 e. The summed E-state index contributed by atoms with van der Waals surface area (Å²) in [6.07, 6.45) is -1.62. The average Bonchev–Trinajstić information content (AvgIpc) is 3.14. The number of likely N-dealkylation sites (tertiary alicyclic amines) is 1. The van der Waals surface area contributed by atoms with E-state index in [1.165, 1.54) is 12.1 Å². The van der Waals surface area contributed by atoms with Crippen molar-refractivity contribution in [3.05, 3.63) is 65.7 Å². The molecule has 1 aliphatic heterocycles. The van der Waals surface area contributed by atoms with Gasteiger partial charge in [-0.2, -0.15) is 8.42 Å². The van der Waals surface area contributed by atoms with Crippen molar-refractivity contribution in [3.63, 3.8) is 0 Å². The second kappa shape index (κ2) is 9.80. The number of nitrogens with one attached hydrogen (secondary N) is 1. The summed E-state index contributed by atoms with van der Waals surface area (Å²) in [5.41, 5.74) is 1.70. The van der Waals surface area contributed by atoms with E-state index in [1.54, 1.807) is 12.1 Å². The summed E-state index contributed by atoms with van der Waals surface area (Å²) < 4.78 is 35.3. The number of benzene rings is 2. The van der Waals surface area contributed by atoms with Crippen LogP contribution in [0.2, 0.25) is 0 Å². The Labute approximate surface area is 180 Å². The predicted octanol–water partition coefficient (Wildman–Crippen LogP) is 2.75. The average molecular weight is 448 g/mol. The van der Waals surface area contributed by atoms with E-state index >= 15 is 0 Å². The van der Waals surface area contributed by atoms with Crippen molar-refractivity contribution in [3.8, 4) is 0 Å². The lowest BCUT2D eigenvalue weighted by Gasteiger charge is -2.26. The summed E-state index contributed by atoms with van der Waals surface area (Å²) in [7, 11) is -4.08. The van der Waals surface area contributed by atoms with Crippen LogP contribution in [0.15, 0.2) is 59.5 Å². The molecule has 1 fully saturated rings. The highest BCUT2D eigenvalue weighted by molar-refractivity contribution is 7.86. The molecular weight excluding hydrogens is 424 g/mol. The lowest BCUT2D eigenvalue weighted by molar-refractivity contribution is 0.110. The molecule has 0 bridgehead atoms. The van der Waals surface area contributed by atoms with Gasteiger partial charge in [0, 0.05) is 6.54 Å². The molecule has 1 aliphatic rings. The Hall–Kier alpha value is -3.11. The van der Waals surface area contributed by atoms with E-state index < -0.39 is 41.0 Å². The van der Waals surface area contributed by atoms with Gasteiger partial charge >= 0.3 is 12.2 Å². The van der Waals surface area contributed by atoms with E-state index in [2.05, 4.69) is 5.32 Å². The first kappa shape index (κ1) is 22.6. The molecule has 1 heterocycles. The fourth-order valence-corrected chi connectivity index (χ4v) is 4.24. The number of ether oxygens (including phenoxy) is 1. The number of nitrogens with zero attached hydrogens (tertiary/aromatic N) is 1. The third kappa shape index (κ3) is 5.96. The van der Waals surface area contributed by atoms with Crippen LogP contribution in [-0.4, -0.2) is 55.8 Å². The van der Waals surface area contributed by atoms with Crippen molar-refractivity contribution in [1.82, 2.24) is 10.2 Å². The summed E-state index contributed by atoms with van der Waals surface area (Å²) in [6, 6.07) is 13.7. The van der Waals surface area contributed by atoms with Crippen molar-refractivity contribution in [1.29, 1.82) is 0 Å². The van der Waals surface area contributed by atoms with Crippen LogP contribution in [0.1, 0.15) is 17.5 Å². The van der Waals surface area contributed by atoms with Gasteiger partial charge < -0.3 is 20.1 Å². The maximum atomic E-state index is 12.5. The van der Waals surface area contributed by atoms with E-state index in [0.29, 0.717) is 6.42 Å². The minimum Gasteiger partial charge on any atom is -0.465 e. The predicted molar refractivity (Wildman–Crippen MR) is 111 cm³/mol. The number of hydrogen-bond acceptors (Lipinski definition) is 6. The van der Waals surface area contributed by atoms with Gasteiger partial charge in [-0.3, -0.25) is 4.18 Å². The third-order valence-corrected chi connectivity index (χ3v) is 6.31. The fourth-order valence-electron chi connectivity index (χ4n) is 3.31. The van der Waals surface area contributed by atoms with Gasteiger partial charge in [0.05, 0.1) is 23.6 Å². The molecule has 2 amide bonds. The van der Waals surface area contributed by atoms with Crippen LogP contribution < -0.4 is 5.32 Å². The summed E-state index contributed by atoms with van der Waals surface area (Å²) in [5.74, 6) is 0. The van der Waals surface area contributed by atoms with Crippen molar-refractivity contribution in [2.75, 3.05) is 13.2 Å². The monoisotopic (exact) mass is 448 g/mol. The minimum absolute atomic E-state index is 0.0234. The Morgan fingerprint density at radius 2 is 1.81 bits per heavy atom. The quantitative estimate of drug-likeness (QED) is 0.625. The zero-order valence-corrected chi connectivity index (χ0v) is 17.7. The van der Waals surface area contributed by atoms with Crippen LogP contribution in [0.5, 0.6) is 0 Å². The van der Waals surface area contributed by atoms with Gasteiger partial charge in [-0.15, -0.1) is 0 Å². The zero-order valence-electron chi connectivity index (χ0n) is 16.9.